The SMILES string of the molecule is CCOC(=O)c1c(O)cc(-c2ccc(F)cc2)cc1-c1ccc(F)cc1. The van der Waals surface area contributed by atoms with Crippen molar-refractivity contribution in [1.82, 2.24) is 0 Å². The minimum atomic E-state index is -0.671. The normalized spacial score (nSPS) is 10.6. The number of phenols is 1. The molecule has 5 heteroatoms. The van der Waals surface area contributed by atoms with Crippen molar-refractivity contribution in [2.45, 2.75) is 6.92 Å². The second-order valence-electron chi connectivity index (χ2n) is 5.65. The van der Waals surface area contributed by atoms with E-state index in [0.717, 1.165) is 0 Å². The van der Waals surface area contributed by atoms with Crippen LogP contribution in [-0.2, 0) is 4.74 Å². The van der Waals surface area contributed by atoms with E-state index in [-0.39, 0.29) is 23.7 Å². The van der Waals surface area contributed by atoms with E-state index in [1.807, 2.05) is 0 Å². The molecule has 0 spiro atoms. The zero-order chi connectivity index (χ0) is 18.7. The number of carbonyl (C=O) groups is 1. The Morgan fingerprint density at radius 1 is 0.885 bits per heavy atom. The predicted molar refractivity (Wildman–Crippen MR) is 94.9 cm³/mol. The Morgan fingerprint density at radius 3 is 1.96 bits per heavy atom. The molecule has 0 aliphatic rings. The smallest absolute Gasteiger partial charge is 0.342 e. The lowest BCUT2D eigenvalue weighted by Crippen LogP contribution is -2.07. The summed E-state index contributed by atoms with van der Waals surface area (Å²) in [6, 6.07) is 14.4. The van der Waals surface area contributed by atoms with E-state index >= 15 is 0 Å². The Hall–Kier alpha value is -3.21. The second-order valence-corrected chi connectivity index (χ2v) is 5.65. The van der Waals surface area contributed by atoms with Gasteiger partial charge in [-0.15, -0.1) is 0 Å². The molecule has 0 heterocycles. The van der Waals surface area contributed by atoms with Crippen LogP contribution in [0.1, 0.15) is 17.3 Å². The van der Waals surface area contributed by atoms with E-state index in [1.54, 1.807) is 25.1 Å². The van der Waals surface area contributed by atoms with Crippen LogP contribution < -0.4 is 0 Å². The van der Waals surface area contributed by atoms with E-state index in [1.165, 1.54) is 42.5 Å². The maximum atomic E-state index is 13.3. The first-order chi connectivity index (χ1) is 12.5. The van der Waals surface area contributed by atoms with Crippen LogP contribution in [0.5, 0.6) is 5.75 Å². The Bertz CT molecular complexity index is 933. The molecule has 0 aliphatic carbocycles. The Balaban J connectivity index is 2.20. The zero-order valence-electron chi connectivity index (χ0n) is 14.0. The minimum Gasteiger partial charge on any atom is -0.507 e. The molecule has 0 fully saturated rings. The summed E-state index contributed by atoms with van der Waals surface area (Å²) in [6.07, 6.45) is 0. The monoisotopic (exact) mass is 354 g/mol. The van der Waals surface area contributed by atoms with Crippen LogP contribution in [0.25, 0.3) is 22.3 Å². The van der Waals surface area contributed by atoms with E-state index in [9.17, 15) is 18.7 Å². The lowest BCUT2D eigenvalue weighted by molar-refractivity contribution is 0.0524. The van der Waals surface area contributed by atoms with Gasteiger partial charge in [0.15, 0.2) is 0 Å². The number of phenolic OH excluding ortho intramolecular Hbond substituents is 1. The zero-order valence-corrected chi connectivity index (χ0v) is 14.0. The Labute approximate surface area is 149 Å². The van der Waals surface area contributed by atoms with Gasteiger partial charge in [-0.05, 0) is 60.0 Å². The number of halogens is 2. The summed E-state index contributed by atoms with van der Waals surface area (Å²) in [7, 11) is 0. The Morgan fingerprint density at radius 2 is 1.42 bits per heavy atom. The van der Waals surface area contributed by atoms with Gasteiger partial charge in [-0.3, -0.25) is 0 Å². The lowest BCUT2D eigenvalue weighted by atomic mass is 9.93. The van der Waals surface area contributed by atoms with Crippen molar-refractivity contribution in [3.8, 4) is 28.0 Å². The third kappa shape index (κ3) is 3.57. The summed E-state index contributed by atoms with van der Waals surface area (Å²) in [6.45, 7) is 1.82. The fraction of sp³-hybridized carbons (Fsp3) is 0.0952. The number of benzene rings is 3. The summed E-state index contributed by atoms with van der Waals surface area (Å²) in [5.74, 6) is -1.72. The van der Waals surface area contributed by atoms with Crippen LogP contribution >= 0.6 is 0 Å². The average molecular weight is 354 g/mol. The highest BCUT2D eigenvalue weighted by molar-refractivity contribution is 6.01. The van der Waals surface area contributed by atoms with Crippen LogP contribution in [0.3, 0.4) is 0 Å². The van der Waals surface area contributed by atoms with E-state index < -0.39 is 11.8 Å². The number of rotatable bonds is 4. The van der Waals surface area contributed by atoms with Crippen molar-refractivity contribution in [2.24, 2.45) is 0 Å². The van der Waals surface area contributed by atoms with Crippen LogP contribution in [0.2, 0.25) is 0 Å². The van der Waals surface area contributed by atoms with Gasteiger partial charge < -0.3 is 9.84 Å². The highest BCUT2D eigenvalue weighted by Crippen LogP contribution is 2.36. The van der Waals surface area contributed by atoms with Crippen LogP contribution in [-0.4, -0.2) is 17.7 Å². The van der Waals surface area contributed by atoms with Crippen LogP contribution in [0.15, 0.2) is 60.7 Å². The summed E-state index contributed by atoms with van der Waals surface area (Å²) in [5, 5.41) is 10.5. The molecule has 3 rings (SSSR count). The molecule has 3 aromatic rings. The molecule has 0 radical (unpaired) electrons. The van der Waals surface area contributed by atoms with Crippen molar-refractivity contribution in [3.05, 3.63) is 77.9 Å². The van der Waals surface area contributed by atoms with Gasteiger partial charge in [0.05, 0.1) is 6.61 Å². The molecule has 0 atom stereocenters. The number of ether oxygens (including phenoxy) is 1. The molecule has 26 heavy (non-hydrogen) atoms. The van der Waals surface area contributed by atoms with E-state index in [2.05, 4.69) is 0 Å². The van der Waals surface area contributed by atoms with Crippen molar-refractivity contribution < 1.29 is 23.4 Å². The number of hydrogen-bond acceptors (Lipinski definition) is 3. The van der Waals surface area contributed by atoms with Gasteiger partial charge in [-0.2, -0.15) is 0 Å². The first-order valence-electron chi connectivity index (χ1n) is 8.05. The standard InChI is InChI=1S/C21H16F2O3/c1-2-26-21(25)20-18(14-5-9-17(23)10-6-14)11-15(12-19(20)24)13-3-7-16(22)8-4-13/h3-12,24H,2H2,1H3. The molecule has 0 aromatic heterocycles. The number of hydrogen-bond donors (Lipinski definition) is 1. The maximum Gasteiger partial charge on any atom is 0.342 e. The maximum absolute atomic E-state index is 13.3. The van der Waals surface area contributed by atoms with Crippen molar-refractivity contribution >= 4 is 5.97 Å². The molecule has 132 valence electrons. The molecular weight excluding hydrogens is 338 g/mol. The minimum absolute atomic E-state index is 0.00400. The topological polar surface area (TPSA) is 46.5 Å². The summed E-state index contributed by atoms with van der Waals surface area (Å²) in [4.78, 5) is 12.3. The van der Waals surface area contributed by atoms with Gasteiger partial charge >= 0.3 is 5.97 Å². The Kier molecular flexibility index (Phi) is 4.98. The fourth-order valence-corrected chi connectivity index (χ4v) is 2.71. The summed E-state index contributed by atoms with van der Waals surface area (Å²) >= 11 is 0. The van der Waals surface area contributed by atoms with E-state index in [4.69, 9.17) is 4.74 Å². The van der Waals surface area contributed by atoms with Crippen molar-refractivity contribution in [3.63, 3.8) is 0 Å². The average Bonchev–Trinajstić information content (AvgIpc) is 2.62. The second kappa shape index (κ2) is 7.35. The molecule has 0 saturated carbocycles. The number of carbonyl (C=O) groups excluding carboxylic acids is 1. The molecule has 0 unspecified atom stereocenters. The van der Waals surface area contributed by atoms with Gasteiger partial charge in [0.1, 0.15) is 22.9 Å². The summed E-state index contributed by atoms with van der Waals surface area (Å²) < 4.78 is 31.5. The number of aromatic hydroxyl groups is 1. The van der Waals surface area contributed by atoms with Gasteiger partial charge in [-0.1, -0.05) is 24.3 Å². The van der Waals surface area contributed by atoms with Crippen LogP contribution in [0, 0.1) is 11.6 Å². The van der Waals surface area contributed by atoms with Crippen LogP contribution in [0.4, 0.5) is 8.78 Å². The molecule has 3 nitrogen and oxygen atoms in total. The third-order valence-corrected chi connectivity index (χ3v) is 3.93. The van der Waals surface area contributed by atoms with Gasteiger partial charge in [-0.25, -0.2) is 13.6 Å². The molecule has 3 aromatic carbocycles. The molecule has 0 saturated heterocycles. The summed E-state index contributed by atoms with van der Waals surface area (Å²) in [5.41, 5.74) is 2.22. The molecule has 0 bridgehead atoms. The van der Waals surface area contributed by atoms with Gasteiger partial charge in [0, 0.05) is 5.56 Å². The highest BCUT2D eigenvalue weighted by atomic mass is 19.1. The molecular formula is C21H16F2O3. The van der Waals surface area contributed by atoms with Crippen molar-refractivity contribution in [1.29, 1.82) is 0 Å². The van der Waals surface area contributed by atoms with Crippen molar-refractivity contribution in [2.75, 3.05) is 6.61 Å². The molecule has 1 N–H and O–H groups in total. The number of esters is 1. The third-order valence-electron chi connectivity index (χ3n) is 3.93. The molecule has 0 aliphatic heterocycles. The first-order valence-corrected chi connectivity index (χ1v) is 8.05. The largest absolute Gasteiger partial charge is 0.507 e. The first kappa shape index (κ1) is 17.6. The fourth-order valence-electron chi connectivity index (χ4n) is 2.71. The van der Waals surface area contributed by atoms with Gasteiger partial charge in [0.2, 0.25) is 0 Å². The van der Waals surface area contributed by atoms with E-state index in [0.29, 0.717) is 22.3 Å². The lowest BCUT2D eigenvalue weighted by Gasteiger charge is -2.14. The quantitative estimate of drug-likeness (QED) is 0.657. The predicted octanol–water partition coefficient (Wildman–Crippen LogP) is 5.18. The van der Waals surface area contributed by atoms with Gasteiger partial charge in [0.25, 0.3) is 0 Å². The molecule has 0 amide bonds. The highest BCUT2D eigenvalue weighted by Gasteiger charge is 2.20.